The second-order valence-electron chi connectivity index (χ2n) is 5.35. The molecule has 4 N–H and O–H groups in total. The predicted octanol–water partition coefficient (Wildman–Crippen LogP) is 2.40. The van der Waals surface area contributed by atoms with Gasteiger partial charge in [-0.15, -0.1) is 0 Å². The molecule has 0 radical (unpaired) electrons. The van der Waals surface area contributed by atoms with E-state index in [2.05, 4.69) is 10.6 Å². The molecule has 3 unspecified atom stereocenters. The van der Waals surface area contributed by atoms with E-state index in [1.54, 1.807) is 0 Å². The zero-order valence-electron chi connectivity index (χ0n) is 12.1. The molecule has 2 rings (SSSR count). The number of rotatable bonds is 4. The van der Waals surface area contributed by atoms with Crippen molar-refractivity contribution in [2.24, 2.45) is 5.73 Å². The lowest BCUT2D eigenvalue weighted by molar-refractivity contribution is 0.0868. The van der Waals surface area contributed by atoms with Crippen LogP contribution in [-0.2, 0) is 4.74 Å². The van der Waals surface area contributed by atoms with Crippen LogP contribution in [0.15, 0.2) is 24.3 Å². The highest BCUT2D eigenvalue weighted by molar-refractivity contribution is 5.89. The van der Waals surface area contributed by atoms with Gasteiger partial charge in [0.1, 0.15) is 0 Å². The van der Waals surface area contributed by atoms with Crippen LogP contribution in [0.25, 0.3) is 0 Å². The fourth-order valence-corrected chi connectivity index (χ4v) is 2.36. The highest BCUT2D eigenvalue weighted by atomic mass is 16.5. The Bertz CT molecular complexity index is 456. The minimum atomic E-state index is -0.213. The molecule has 1 aromatic rings. The summed E-state index contributed by atoms with van der Waals surface area (Å²) in [7, 11) is 0. The van der Waals surface area contributed by atoms with E-state index in [0.29, 0.717) is 0 Å². The molecule has 0 saturated carbocycles. The van der Waals surface area contributed by atoms with Crippen molar-refractivity contribution >= 4 is 11.7 Å². The molecule has 20 heavy (non-hydrogen) atoms. The molecular weight excluding hydrogens is 254 g/mol. The minimum absolute atomic E-state index is 0.00844. The van der Waals surface area contributed by atoms with Crippen molar-refractivity contribution in [2.75, 3.05) is 11.9 Å². The van der Waals surface area contributed by atoms with E-state index < -0.39 is 0 Å². The van der Waals surface area contributed by atoms with Crippen molar-refractivity contribution in [3.05, 3.63) is 29.8 Å². The first-order valence-corrected chi connectivity index (χ1v) is 7.11. The molecule has 0 aliphatic carbocycles. The quantitative estimate of drug-likeness (QED) is 0.791. The fourth-order valence-electron chi connectivity index (χ4n) is 2.36. The first-order valence-electron chi connectivity index (χ1n) is 7.11. The van der Waals surface area contributed by atoms with E-state index in [1.807, 2.05) is 38.1 Å². The Balaban J connectivity index is 1.89. The molecule has 2 amide bonds. The number of ether oxygens (including phenoxy) is 1. The number of amides is 2. The van der Waals surface area contributed by atoms with Gasteiger partial charge in [0, 0.05) is 18.3 Å². The number of urea groups is 1. The summed E-state index contributed by atoms with van der Waals surface area (Å²) in [6, 6.07) is 7.32. The van der Waals surface area contributed by atoms with Gasteiger partial charge in [0.25, 0.3) is 0 Å². The number of carbonyl (C=O) groups is 1. The first kappa shape index (κ1) is 14.8. The zero-order chi connectivity index (χ0) is 14.5. The molecule has 1 saturated heterocycles. The number of nitrogens with one attached hydrogen (secondary N) is 2. The smallest absolute Gasteiger partial charge is 0.319 e. The molecular formula is C15H23N3O2. The lowest BCUT2D eigenvalue weighted by Crippen LogP contribution is -2.43. The Labute approximate surface area is 119 Å². The molecule has 0 aromatic heterocycles. The van der Waals surface area contributed by atoms with Crippen molar-refractivity contribution in [1.82, 2.24) is 5.32 Å². The third-order valence-electron chi connectivity index (χ3n) is 3.55. The summed E-state index contributed by atoms with van der Waals surface area (Å²) in [6.07, 6.45) is 2.19. The van der Waals surface area contributed by atoms with Crippen molar-refractivity contribution in [2.45, 2.75) is 44.9 Å². The normalized spacial score (nSPS) is 21.2. The number of hydrogen-bond donors (Lipinski definition) is 3. The van der Waals surface area contributed by atoms with Crippen molar-refractivity contribution < 1.29 is 9.53 Å². The van der Waals surface area contributed by atoms with Gasteiger partial charge in [0.15, 0.2) is 0 Å². The molecule has 5 nitrogen and oxygen atoms in total. The summed E-state index contributed by atoms with van der Waals surface area (Å²) in [6.45, 7) is 4.67. The van der Waals surface area contributed by atoms with Crippen LogP contribution < -0.4 is 16.4 Å². The highest BCUT2D eigenvalue weighted by Crippen LogP contribution is 2.17. The second-order valence-corrected chi connectivity index (χ2v) is 5.35. The maximum absolute atomic E-state index is 12.0. The van der Waals surface area contributed by atoms with Crippen LogP contribution in [0.4, 0.5) is 10.5 Å². The molecule has 1 fully saturated rings. The average Bonchev–Trinajstić information content (AvgIpc) is 2.92. The lowest BCUT2D eigenvalue weighted by Gasteiger charge is -2.20. The standard InChI is InChI=1S/C15H23N3O2/c1-10(16)12-5-3-6-13(9-12)18-15(19)17-11(2)14-7-4-8-20-14/h3,5-6,9-11,14H,4,7-8,16H2,1-2H3,(H2,17,18,19). The number of benzene rings is 1. The van der Waals surface area contributed by atoms with Crippen molar-refractivity contribution in [3.8, 4) is 0 Å². The van der Waals surface area contributed by atoms with Gasteiger partial charge >= 0.3 is 6.03 Å². The van der Waals surface area contributed by atoms with E-state index in [1.165, 1.54) is 0 Å². The first-order chi connectivity index (χ1) is 9.56. The van der Waals surface area contributed by atoms with Gasteiger partial charge in [-0.3, -0.25) is 0 Å². The topological polar surface area (TPSA) is 76.4 Å². The SMILES string of the molecule is CC(N)c1cccc(NC(=O)NC(C)C2CCCO2)c1. The summed E-state index contributed by atoms with van der Waals surface area (Å²) >= 11 is 0. The molecule has 5 heteroatoms. The third-order valence-corrected chi connectivity index (χ3v) is 3.55. The number of nitrogens with two attached hydrogens (primary N) is 1. The van der Waals surface area contributed by atoms with Gasteiger partial charge < -0.3 is 21.1 Å². The van der Waals surface area contributed by atoms with Crippen LogP contribution >= 0.6 is 0 Å². The summed E-state index contributed by atoms with van der Waals surface area (Å²) in [4.78, 5) is 12.0. The van der Waals surface area contributed by atoms with E-state index in [4.69, 9.17) is 10.5 Å². The lowest BCUT2D eigenvalue weighted by atomic mass is 10.1. The van der Waals surface area contributed by atoms with Gasteiger partial charge in [0.05, 0.1) is 12.1 Å². The summed E-state index contributed by atoms with van der Waals surface area (Å²) in [5, 5.41) is 5.74. The van der Waals surface area contributed by atoms with E-state index in [9.17, 15) is 4.79 Å². The molecule has 0 bridgehead atoms. The fraction of sp³-hybridized carbons (Fsp3) is 0.533. The van der Waals surface area contributed by atoms with Gasteiger partial charge in [-0.25, -0.2) is 4.79 Å². The zero-order valence-corrected chi connectivity index (χ0v) is 12.1. The van der Waals surface area contributed by atoms with Gasteiger partial charge in [0.2, 0.25) is 0 Å². The third kappa shape index (κ3) is 3.95. The highest BCUT2D eigenvalue weighted by Gasteiger charge is 2.23. The minimum Gasteiger partial charge on any atom is -0.376 e. The molecule has 1 aromatic carbocycles. The second kappa shape index (κ2) is 6.72. The van der Waals surface area contributed by atoms with Crippen LogP contribution in [0.1, 0.15) is 38.3 Å². The van der Waals surface area contributed by atoms with Crippen LogP contribution in [0.5, 0.6) is 0 Å². The largest absolute Gasteiger partial charge is 0.376 e. The van der Waals surface area contributed by atoms with Crippen molar-refractivity contribution in [3.63, 3.8) is 0 Å². The van der Waals surface area contributed by atoms with Crippen LogP contribution in [0, 0.1) is 0 Å². The van der Waals surface area contributed by atoms with Gasteiger partial charge in [-0.2, -0.15) is 0 Å². The van der Waals surface area contributed by atoms with Crippen LogP contribution in [0.3, 0.4) is 0 Å². The maximum Gasteiger partial charge on any atom is 0.319 e. The van der Waals surface area contributed by atoms with E-state index in [-0.39, 0.29) is 24.2 Å². The Kier molecular flexibility index (Phi) is 4.98. The molecule has 110 valence electrons. The molecule has 1 heterocycles. The van der Waals surface area contributed by atoms with Crippen LogP contribution in [-0.4, -0.2) is 24.8 Å². The van der Waals surface area contributed by atoms with Crippen molar-refractivity contribution in [1.29, 1.82) is 0 Å². The maximum atomic E-state index is 12.0. The predicted molar refractivity (Wildman–Crippen MR) is 79.6 cm³/mol. The monoisotopic (exact) mass is 277 g/mol. The molecule has 1 aliphatic rings. The van der Waals surface area contributed by atoms with Gasteiger partial charge in [-0.1, -0.05) is 12.1 Å². The molecule has 0 spiro atoms. The van der Waals surface area contributed by atoms with E-state index >= 15 is 0 Å². The van der Waals surface area contributed by atoms with E-state index in [0.717, 1.165) is 30.7 Å². The molecule has 1 aliphatic heterocycles. The number of anilines is 1. The van der Waals surface area contributed by atoms with Crippen LogP contribution in [0.2, 0.25) is 0 Å². The Morgan fingerprint density at radius 2 is 2.25 bits per heavy atom. The number of carbonyl (C=O) groups excluding carboxylic acids is 1. The summed E-state index contributed by atoms with van der Waals surface area (Å²) in [5.74, 6) is 0. The number of hydrogen-bond acceptors (Lipinski definition) is 3. The Morgan fingerprint density at radius 3 is 2.90 bits per heavy atom. The summed E-state index contributed by atoms with van der Waals surface area (Å²) < 4.78 is 5.56. The Hall–Kier alpha value is -1.59. The van der Waals surface area contributed by atoms with Gasteiger partial charge in [-0.05, 0) is 44.4 Å². The molecule has 3 atom stereocenters. The Morgan fingerprint density at radius 1 is 1.45 bits per heavy atom. The average molecular weight is 277 g/mol. The summed E-state index contributed by atoms with van der Waals surface area (Å²) in [5.41, 5.74) is 7.57.